The standard InChI is InChI=1S/C27H30N2O3/c1-3-5-9-20-32-25-18-14-21(15-19-25)26(30)28-23-16-12-22(13-17-23)27(31)29(4-2)24-10-7-6-8-11-24/h6-8,10-19H,3-5,9,20H2,1-2H3,(H,28,30). The lowest BCUT2D eigenvalue weighted by molar-refractivity contribution is 0.0987. The Morgan fingerprint density at radius 1 is 0.812 bits per heavy atom. The Morgan fingerprint density at radius 3 is 2.09 bits per heavy atom. The fraction of sp³-hybridized carbons (Fsp3) is 0.259. The fourth-order valence-electron chi connectivity index (χ4n) is 3.35. The first kappa shape index (κ1) is 23.1. The van der Waals surface area contributed by atoms with Gasteiger partial charge in [0, 0.05) is 29.0 Å². The minimum absolute atomic E-state index is 0.0777. The summed E-state index contributed by atoms with van der Waals surface area (Å²) in [6.45, 7) is 5.36. The highest BCUT2D eigenvalue weighted by atomic mass is 16.5. The first-order valence-electron chi connectivity index (χ1n) is 11.1. The number of hydrogen-bond acceptors (Lipinski definition) is 3. The molecule has 0 aliphatic heterocycles. The molecule has 0 saturated carbocycles. The summed E-state index contributed by atoms with van der Waals surface area (Å²) in [5.74, 6) is 0.478. The fourth-order valence-corrected chi connectivity index (χ4v) is 3.35. The highest BCUT2D eigenvalue weighted by Crippen LogP contribution is 2.19. The molecule has 32 heavy (non-hydrogen) atoms. The highest BCUT2D eigenvalue weighted by Gasteiger charge is 2.16. The quantitative estimate of drug-likeness (QED) is 0.391. The van der Waals surface area contributed by atoms with Crippen LogP contribution in [0.5, 0.6) is 5.75 Å². The lowest BCUT2D eigenvalue weighted by Gasteiger charge is -2.21. The van der Waals surface area contributed by atoms with Gasteiger partial charge in [0.15, 0.2) is 0 Å². The molecule has 0 aliphatic carbocycles. The number of benzene rings is 3. The number of rotatable bonds is 10. The Hall–Kier alpha value is -3.60. The molecule has 0 heterocycles. The number of nitrogens with one attached hydrogen (secondary N) is 1. The van der Waals surface area contributed by atoms with Gasteiger partial charge in [-0.1, -0.05) is 38.0 Å². The van der Waals surface area contributed by atoms with Gasteiger partial charge in [0.25, 0.3) is 11.8 Å². The van der Waals surface area contributed by atoms with Gasteiger partial charge in [0.1, 0.15) is 5.75 Å². The van der Waals surface area contributed by atoms with Gasteiger partial charge < -0.3 is 15.0 Å². The smallest absolute Gasteiger partial charge is 0.258 e. The van der Waals surface area contributed by atoms with E-state index in [2.05, 4.69) is 12.2 Å². The number of amides is 2. The first-order valence-corrected chi connectivity index (χ1v) is 11.1. The third kappa shape index (κ3) is 6.20. The van der Waals surface area contributed by atoms with E-state index >= 15 is 0 Å². The van der Waals surface area contributed by atoms with E-state index in [4.69, 9.17) is 4.74 Å². The third-order valence-corrected chi connectivity index (χ3v) is 5.15. The number of carbonyl (C=O) groups excluding carboxylic acids is 2. The summed E-state index contributed by atoms with van der Waals surface area (Å²) in [5, 5.41) is 2.87. The molecule has 5 nitrogen and oxygen atoms in total. The summed E-state index contributed by atoms with van der Waals surface area (Å²) in [5.41, 5.74) is 2.61. The van der Waals surface area contributed by atoms with Crippen molar-refractivity contribution in [3.05, 3.63) is 90.0 Å². The molecule has 3 aromatic carbocycles. The van der Waals surface area contributed by atoms with Crippen molar-refractivity contribution in [2.75, 3.05) is 23.4 Å². The Bertz CT molecular complexity index is 999. The second-order valence-electron chi connectivity index (χ2n) is 7.50. The molecule has 0 aromatic heterocycles. The van der Waals surface area contributed by atoms with E-state index in [1.807, 2.05) is 49.4 Å². The summed E-state index contributed by atoms with van der Waals surface area (Å²) in [6, 6.07) is 23.7. The third-order valence-electron chi connectivity index (χ3n) is 5.15. The molecule has 3 rings (SSSR count). The van der Waals surface area contributed by atoms with Crippen LogP contribution in [0.15, 0.2) is 78.9 Å². The van der Waals surface area contributed by atoms with E-state index < -0.39 is 0 Å². The molecule has 0 unspecified atom stereocenters. The monoisotopic (exact) mass is 430 g/mol. The predicted octanol–water partition coefficient (Wildman–Crippen LogP) is 6.17. The van der Waals surface area contributed by atoms with Crippen LogP contribution in [0.25, 0.3) is 0 Å². The number of carbonyl (C=O) groups is 2. The van der Waals surface area contributed by atoms with Crippen LogP contribution in [0.4, 0.5) is 11.4 Å². The van der Waals surface area contributed by atoms with Gasteiger partial charge in [-0.25, -0.2) is 0 Å². The van der Waals surface area contributed by atoms with Crippen molar-refractivity contribution < 1.29 is 14.3 Å². The zero-order valence-corrected chi connectivity index (χ0v) is 18.7. The number of ether oxygens (including phenoxy) is 1. The van der Waals surface area contributed by atoms with Gasteiger partial charge in [0.2, 0.25) is 0 Å². The highest BCUT2D eigenvalue weighted by molar-refractivity contribution is 6.07. The van der Waals surface area contributed by atoms with Gasteiger partial charge in [-0.15, -0.1) is 0 Å². The van der Waals surface area contributed by atoms with Gasteiger partial charge >= 0.3 is 0 Å². The number of nitrogens with zero attached hydrogens (tertiary/aromatic N) is 1. The molecule has 0 atom stereocenters. The number of hydrogen-bond donors (Lipinski definition) is 1. The molecule has 0 radical (unpaired) electrons. The summed E-state index contributed by atoms with van der Waals surface area (Å²) in [6.07, 6.45) is 3.33. The first-order chi connectivity index (χ1) is 15.6. The predicted molar refractivity (Wildman–Crippen MR) is 130 cm³/mol. The molecule has 0 fully saturated rings. The topological polar surface area (TPSA) is 58.6 Å². The SMILES string of the molecule is CCCCCOc1ccc(C(=O)Nc2ccc(C(=O)N(CC)c3ccccc3)cc2)cc1. The summed E-state index contributed by atoms with van der Waals surface area (Å²) in [7, 11) is 0. The molecule has 3 aromatic rings. The van der Waals surface area contributed by atoms with Crippen LogP contribution in [-0.2, 0) is 0 Å². The van der Waals surface area contributed by atoms with E-state index in [-0.39, 0.29) is 11.8 Å². The second-order valence-corrected chi connectivity index (χ2v) is 7.50. The maximum Gasteiger partial charge on any atom is 0.258 e. The lowest BCUT2D eigenvalue weighted by atomic mass is 10.1. The largest absolute Gasteiger partial charge is 0.494 e. The van der Waals surface area contributed by atoms with Crippen molar-refractivity contribution in [1.29, 1.82) is 0 Å². The number of anilines is 2. The molecule has 0 spiro atoms. The maximum absolute atomic E-state index is 12.9. The molecule has 1 N–H and O–H groups in total. The Labute approximate surface area is 190 Å². The van der Waals surface area contributed by atoms with Crippen molar-refractivity contribution in [3.8, 4) is 5.75 Å². The Kier molecular flexibility index (Phi) is 8.44. The molecule has 0 saturated heterocycles. The van der Waals surface area contributed by atoms with E-state index in [1.54, 1.807) is 41.3 Å². The molecule has 5 heteroatoms. The van der Waals surface area contributed by atoms with E-state index in [0.29, 0.717) is 30.0 Å². The van der Waals surface area contributed by atoms with Crippen LogP contribution < -0.4 is 15.0 Å². The minimum Gasteiger partial charge on any atom is -0.494 e. The molecule has 166 valence electrons. The van der Waals surface area contributed by atoms with Gasteiger partial charge in [-0.05, 0) is 74.0 Å². The summed E-state index contributed by atoms with van der Waals surface area (Å²) >= 11 is 0. The minimum atomic E-state index is -0.207. The van der Waals surface area contributed by atoms with Gasteiger partial charge in [0.05, 0.1) is 6.61 Å². The van der Waals surface area contributed by atoms with Gasteiger partial charge in [-0.3, -0.25) is 9.59 Å². The van der Waals surface area contributed by atoms with Crippen LogP contribution >= 0.6 is 0 Å². The second kappa shape index (κ2) is 11.7. The lowest BCUT2D eigenvalue weighted by Crippen LogP contribution is -2.30. The van der Waals surface area contributed by atoms with Crippen molar-refractivity contribution in [2.24, 2.45) is 0 Å². The van der Waals surface area contributed by atoms with Crippen LogP contribution in [0.1, 0.15) is 53.8 Å². The molecule has 2 amide bonds. The Morgan fingerprint density at radius 2 is 1.47 bits per heavy atom. The van der Waals surface area contributed by atoms with Crippen molar-refractivity contribution in [1.82, 2.24) is 0 Å². The molecule has 0 aliphatic rings. The van der Waals surface area contributed by atoms with Crippen LogP contribution in [0, 0.1) is 0 Å². The van der Waals surface area contributed by atoms with Gasteiger partial charge in [-0.2, -0.15) is 0 Å². The zero-order chi connectivity index (χ0) is 22.8. The molecule has 0 bridgehead atoms. The van der Waals surface area contributed by atoms with E-state index in [9.17, 15) is 9.59 Å². The van der Waals surface area contributed by atoms with Crippen molar-refractivity contribution in [2.45, 2.75) is 33.1 Å². The number of para-hydroxylation sites is 1. The average molecular weight is 431 g/mol. The molecular weight excluding hydrogens is 400 g/mol. The van der Waals surface area contributed by atoms with Crippen LogP contribution in [0.3, 0.4) is 0 Å². The maximum atomic E-state index is 12.9. The normalized spacial score (nSPS) is 10.4. The van der Waals surface area contributed by atoms with E-state index in [0.717, 1.165) is 30.7 Å². The Balaban J connectivity index is 1.59. The summed E-state index contributed by atoms with van der Waals surface area (Å²) in [4.78, 5) is 27.2. The summed E-state index contributed by atoms with van der Waals surface area (Å²) < 4.78 is 5.69. The van der Waals surface area contributed by atoms with Crippen LogP contribution in [0.2, 0.25) is 0 Å². The molecular formula is C27H30N2O3. The number of unbranched alkanes of at least 4 members (excludes halogenated alkanes) is 2. The average Bonchev–Trinajstić information content (AvgIpc) is 2.84. The zero-order valence-electron chi connectivity index (χ0n) is 18.7. The van der Waals surface area contributed by atoms with Crippen LogP contribution in [-0.4, -0.2) is 25.0 Å². The van der Waals surface area contributed by atoms with Crippen molar-refractivity contribution in [3.63, 3.8) is 0 Å². The van der Waals surface area contributed by atoms with Crippen molar-refractivity contribution >= 4 is 23.2 Å². The van der Waals surface area contributed by atoms with E-state index in [1.165, 1.54) is 0 Å².